The number of hydrogen-bond donors (Lipinski definition) is 1. The Labute approximate surface area is 123 Å². The number of hydrogen-bond acceptors (Lipinski definition) is 3. The summed E-state index contributed by atoms with van der Waals surface area (Å²) in [6.45, 7) is 5.92. The van der Waals surface area contributed by atoms with Crippen LogP contribution in [-0.2, 0) is 6.54 Å². The first-order valence-corrected chi connectivity index (χ1v) is 7.08. The fraction of sp³-hybridized carbons (Fsp3) is 0.615. The van der Waals surface area contributed by atoms with Gasteiger partial charge in [0.1, 0.15) is 0 Å². The molecule has 1 aromatic heterocycles. The monoisotopic (exact) mass is 331 g/mol. The molecule has 1 unspecified atom stereocenters. The summed E-state index contributed by atoms with van der Waals surface area (Å²) in [7, 11) is 0. The summed E-state index contributed by atoms with van der Waals surface area (Å²) in [4.78, 5) is 6.80. The molecular weight excluding hydrogens is 314 g/mol. The molecule has 1 N–H and O–H groups in total. The molecule has 0 saturated carbocycles. The van der Waals surface area contributed by atoms with Crippen LogP contribution in [0.2, 0.25) is 0 Å². The van der Waals surface area contributed by atoms with Crippen molar-refractivity contribution in [2.24, 2.45) is 5.41 Å². The summed E-state index contributed by atoms with van der Waals surface area (Å²) < 4.78 is 1.08. The topological polar surface area (TPSA) is 28.2 Å². The second-order valence-corrected chi connectivity index (χ2v) is 6.31. The normalized spacial score (nSPS) is 27.6. The molecule has 2 saturated heterocycles. The van der Waals surface area contributed by atoms with Crippen molar-refractivity contribution in [3.8, 4) is 0 Å². The Morgan fingerprint density at radius 2 is 2.28 bits per heavy atom. The second kappa shape index (κ2) is 5.87. The van der Waals surface area contributed by atoms with Crippen LogP contribution in [0.4, 0.5) is 0 Å². The van der Waals surface area contributed by atoms with Gasteiger partial charge in [0.15, 0.2) is 0 Å². The molecule has 2 aliphatic rings. The van der Waals surface area contributed by atoms with Crippen LogP contribution in [0.1, 0.15) is 18.4 Å². The third-order valence-electron chi connectivity index (χ3n) is 4.02. The molecular formula is C13H19BrClN3. The Hall–Kier alpha value is -0.160. The van der Waals surface area contributed by atoms with Gasteiger partial charge in [-0.25, -0.2) is 0 Å². The minimum atomic E-state index is 0. The molecule has 3 rings (SSSR count). The lowest BCUT2D eigenvalue weighted by atomic mass is 9.87. The lowest BCUT2D eigenvalue weighted by Crippen LogP contribution is -2.28. The summed E-state index contributed by atoms with van der Waals surface area (Å²) >= 11 is 3.48. The second-order valence-electron chi connectivity index (χ2n) is 5.40. The summed E-state index contributed by atoms with van der Waals surface area (Å²) in [6, 6.07) is 2.17. The maximum absolute atomic E-state index is 4.23. The summed E-state index contributed by atoms with van der Waals surface area (Å²) in [6.07, 6.45) is 6.51. The molecule has 1 atom stereocenters. The molecule has 100 valence electrons. The van der Waals surface area contributed by atoms with Gasteiger partial charge in [-0.05, 0) is 58.9 Å². The lowest BCUT2D eigenvalue weighted by Gasteiger charge is -2.22. The van der Waals surface area contributed by atoms with Gasteiger partial charge in [0, 0.05) is 36.5 Å². The highest BCUT2D eigenvalue weighted by molar-refractivity contribution is 9.10. The molecule has 0 aliphatic carbocycles. The van der Waals surface area contributed by atoms with E-state index in [-0.39, 0.29) is 12.4 Å². The predicted molar refractivity (Wildman–Crippen MR) is 79.0 cm³/mol. The van der Waals surface area contributed by atoms with Gasteiger partial charge in [-0.15, -0.1) is 12.4 Å². The van der Waals surface area contributed by atoms with Gasteiger partial charge >= 0.3 is 0 Å². The highest BCUT2D eigenvalue weighted by atomic mass is 79.9. The summed E-state index contributed by atoms with van der Waals surface area (Å²) in [5, 5.41) is 3.50. The highest BCUT2D eigenvalue weighted by Gasteiger charge is 2.39. The van der Waals surface area contributed by atoms with Gasteiger partial charge in [-0.2, -0.15) is 0 Å². The fourth-order valence-electron chi connectivity index (χ4n) is 3.11. The standard InChI is InChI=1S/C13H18BrN3.ClH/c14-12-5-11(6-16-7-12)8-17-4-2-13(10-17)1-3-15-9-13;/h5-7,15H,1-4,8-10H2;1H. The number of likely N-dealkylation sites (tertiary alicyclic amines) is 1. The zero-order valence-corrected chi connectivity index (χ0v) is 12.8. The van der Waals surface area contributed by atoms with Gasteiger partial charge in [-0.1, -0.05) is 0 Å². The van der Waals surface area contributed by atoms with E-state index in [1.807, 2.05) is 12.4 Å². The molecule has 0 amide bonds. The maximum Gasteiger partial charge on any atom is 0.0410 e. The Balaban J connectivity index is 0.00000120. The van der Waals surface area contributed by atoms with E-state index in [9.17, 15) is 0 Å². The fourth-order valence-corrected chi connectivity index (χ4v) is 3.52. The van der Waals surface area contributed by atoms with E-state index in [4.69, 9.17) is 0 Å². The van der Waals surface area contributed by atoms with Crippen molar-refractivity contribution in [1.29, 1.82) is 0 Å². The predicted octanol–water partition coefficient (Wildman–Crippen LogP) is 2.45. The summed E-state index contributed by atoms with van der Waals surface area (Å²) in [5.41, 5.74) is 1.88. The van der Waals surface area contributed by atoms with Crippen molar-refractivity contribution in [2.75, 3.05) is 26.2 Å². The molecule has 2 fully saturated rings. The van der Waals surface area contributed by atoms with Crippen molar-refractivity contribution in [3.05, 3.63) is 28.5 Å². The van der Waals surface area contributed by atoms with E-state index in [0.29, 0.717) is 5.41 Å². The van der Waals surface area contributed by atoms with Crippen LogP contribution >= 0.6 is 28.3 Å². The zero-order chi connectivity index (χ0) is 11.7. The third kappa shape index (κ3) is 3.05. The third-order valence-corrected chi connectivity index (χ3v) is 4.45. The maximum atomic E-state index is 4.23. The van der Waals surface area contributed by atoms with Crippen molar-refractivity contribution in [1.82, 2.24) is 15.2 Å². The van der Waals surface area contributed by atoms with Crippen LogP contribution in [0.5, 0.6) is 0 Å². The number of aromatic nitrogens is 1. The number of rotatable bonds is 2. The molecule has 3 nitrogen and oxygen atoms in total. The number of nitrogens with one attached hydrogen (secondary N) is 1. The number of halogens is 2. The Morgan fingerprint density at radius 1 is 1.39 bits per heavy atom. The average Bonchev–Trinajstić information content (AvgIpc) is 2.90. The Morgan fingerprint density at radius 3 is 3.00 bits per heavy atom. The van der Waals surface area contributed by atoms with Crippen LogP contribution in [0.15, 0.2) is 22.9 Å². The van der Waals surface area contributed by atoms with Gasteiger partial charge in [0.25, 0.3) is 0 Å². The van der Waals surface area contributed by atoms with Crippen LogP contribution in [0.25, 0.3) is 0 Å². The van der Waals surface area contributed by atoms with Gasteiger partial charge in [0.05, 0.1) is 0 Å². The van der Waals surface area contributed by atoms with Crippen molar-refractivity contribution in [3.63, 3.8) is 0 Å². The molecule has 3 heterocycles. The molecule has 5 heteroatoms. The quantitative estimate of drug-likeness (QED) is 0.902. The van der Waals surface area contributed by atoms with Crippen molar-refractivity contribution >= 4 is 28.3 Å². The summed E-state index contributed by atoms with van der Waals surface area (Å²) in [5.74, 6) is 0. The molecule has 1 spiro atoms. The molecule has 2 aliphatic heterocycles. The molecule has 0 aromatic carbocycles. The van der Waals surface area contributed by atoms with Crippen LogP contribution in [0, 0.1) is 5.41 Å². The highest BCUT2D eigenvalue weighted by Crippen LogP contribution is 2.36. The molecule has 18 heavy (non-hydrogen) atoms. The van der Waals surface area contributed by atoms with Crippen molar-refractivity contribution in [2.45, 2.75) is 19.4 Å². The van der Waals surface area contributed by atoms with E-state index in [1.54, 1.807) is 0 Å². The van der Waals surface area contributed by atoms with Crippen LogP contribution in [0.3, 0.4) is 0 Å². The Kier molecular flexibility index (Phi) is 4.64. The minimum Gasteiger partial charge on any atom is -0.316 e. The molecule has 0 bridgehead atoms. The largest absolute Gasteiger partial charge is 0.316 e. The van der Waals surface area contributed by atoms with E-state index >= 15 is 0 Å². The van der Waals surface area contributed by atoms with Crippen molar-refractivity contribution < 1.29 is 0 Å². The van der Waals surface area contributed by atoms with Gasteiger partial charge in [0.2, 0.25) is 0 Å². The van der Waals surface area contributed by atoms with E-state index in [2.05, 4.69) is 37.2 Å². The number of nitrogens with zero attached hydrogens (tertiary/aromatic N) is 2. The van der Waals surface area contributed by atoms with E-state index in [1.165, 1.54) is 44.6 Å². The first-order chi connectivity index (χ1) is 8.26. The van der Waals surface area contributed by atoms with Gasteiger partial charge < -0.3 is 5.32 Å². The van der Waals surface area contributed by atoms with Crippen LogP contribution in [-0.4, -0.2) is 36.1 Å². The zero-order valence-electron chi connectivity index (χ0n) is 10.4. The van der Waals surface area contributed by atoms with Gasteiger partial charge in [-0.3, -0.25) is 9.88 Å². The first kappa shape index (κ1) is 14.3. The molecule has 1 aromatic rings. The minimum absolute atomic E-state index is 0. The molecule has 0 radical (unpaired) electrons. The van der Waals surface area contributed by atoms with Crippen LogP contribution < -0.4 is 5.32 Å². The Bertz CT molecular complexity index is 407. The lowest BCUT2D eigenvalue weighted by molar-refractivity contribution is 0.268. The SMILES string of the molecule is Brc1cncc(CN2CCC3(CCNC3)C2)c1.Cl. The average molecular weight is 333 g/mol. The number of pyridine rings is 1. The van der Waals surface area contributed by atoms with E-state index in [0.717, 1.165) is 11.0 Å². The smallest absolute Gasteiger partial charge is 0.0410 e. The van der Waals surface area contributed by atoms with E-state index < -0.39 is 0 Å². The first-order valence-electron chi connectivity index (χ1n) is 6.28.